The number of alkyl carbamates (subject to hydrolysis) is 1. The molecule has 1 aromatic heterocycles. The Morgan fingerprint density at radius 1 is 0.713 bits per heavy atom. The summed E-state index contributed by atoms with van der Waals surface area (Å²) in [5.74, 6) is -1.04. The third-order valence-corrected chi connectivity index (χ3v) is 14.5. The first kappa shape index (κ1) is 64.4. The van der Waals surface area contributed by atoms with Crippen LogP contribution in [-0.2, 0) is 57.4 Å². The van der Waals surface area contributed by atoms with Crippen molar-refractivity contribution in [2.75, 3.05) is 70.9 Å². The number of rotatable bonds is 38. The molecule has 436 valence electrons. The van der Waals surface area contributed by atoms with E-state index in [1.165, 1.54) is 69.1 Å². The minimum atomic E-state index is -4.79. The van der Waals surface area contributed by atoms with Gasteiger partial charge in [0.1, 0.15) is 31.4 Å². The molecular weight excluding hydrogens is 1040 g/mol. The van der Waals surface area contributed by atoms with Crippen molar-refractivity contribution in [3.63, 3.8) is 0 Å². The number of aromatic nitrogens is 2. The van der Waals surface area contributed by atoms with Gasteiger partial charge in [0.15, 0.2) is 6.10 Å². The summed E-state index contributed by atoms with van der Waals surface area (Å²) in [6.07, 6.45) is 15.8. The van der Waals surface area contributed by atoms with Gasteiger partial charge in [-0.15, -0.1) is 0 Å². The molecule has 1 heterocycles. The van der Waals surface area contributed by atoms with Crippen LogP contribution in [-0.4, -0.2) is 111 Å². The van der Waals surface area contributed by atoms with Gasteiger partial charge in [0.25, 0.3) is 13.7 Å². The van der Waals surface area contributed by atoms with Gasteiger partial charge in [0, 0.05) is 42.5 Å². The number of carbonyl (C=O) groups is 4. The summed E-state index contributed by atoms with van der Waals surface area (Å²) in [4.78, 5) is 72.1. The van der Waals surface area contributed by atoms with Gasteiger partial charge in [-0.2, -0.15) is 0 Å². The van der Waals surface area contributed by atoms with E-state index in [0.717, 1.165) is 42.5 Å². The van der Waals surface area contributed by atoms with Crippen LogP contribution in [0.4, 0.5) is 16.2 Å². The molecule has 0 radical (unpaired) electrons. The lowest BCUT2D eigenvalue weighted by atomic mass is 10.0. The second-order valence-electron chi connectivity index (χ2n) is 21.2. The average molecular weight is 1120 g/mol. The Morgan fingerprint density at radius 3 is 1.96 bits per heavy atom. The van der Waals surface area contributed by atoms with Gasteiger partial charge in [-0.1, -0.05) is 139 Å². The Hall–Kier alpha value is -6.43. The lowest BCUT2D eigenvalue weighted by Gasteiger charge is -2.28. The maximum atomic E-state index is 14.3. The van der Waals surface area contributed by atoms with Crippen LogP contribution in [0.15, 0.2) is 103 Å². The van der Waals surface area contributed by atoms with E-state index in [2.05, 4.69) is 17.6 Å². The predicted molar refractivity (Wildman–Crippen MR) is 311 cm³/mol. The number of aryl methyl sites for hydroxylation is 2. The number of hydrogen-bond donors (Lipinski definition) is 3. The number of phosphoric acid groups is 1. The molecular formula is C61H86N7O11P. The highest BCUT2D eigenvalue weighted by molar-refractivity contribution is 7.45. The van der Waals surface area contributed by atoms with E-state index in [9.17, 15) is 28.6 Å². The van der Waals surface area contributed by atoms with E-state index in [0.29, 0.717) is 58.6 Å². The van der Waals surface area contributed by atoms with Gasteiger partial charge in [0.05, 0.1) is 58.4 Å². The molecule has 0 saturated heterocycles. The summed E-state index contributed by atoms with van der Waals surface area (Å²) in [5.41, 5.74) is 4.68. The van der Waals surface area contributed by atoms with Crippen molar-refractivity contribution in [3.8, 4) is 0 Å². The Balaban J connectivity index is 1.11. The van der Waals surface area contributed by atoms with Crippen LogP contribution in [0.5, 0.6) is 0 Å². The highest BCUT2D eigenvalue weighted by Gasteiger charge is 2.24. The predicted octanol–water partition coefficient (Wildman–Crippen LogP) is 11.4. The van der Waals surface area contributed by atoms with Crippen molar-refractivity contribution in [2.45, 2.75) is 135 Å². The number of carbonyl (C=O) groups excluding carboxylic acids is 4. The molecule has 18 nitrogen and oxygen atoms in total. The molecule has 0 aliphatic rings. The van der Waals surface area contributed by atoms with Crippen LogP contribution in [0.2, 0.25) is 0 Å². The minimum Gasteiger partial charge on any atom is -0.756 e. The number of nitrogens with one attached hydrogen (secondary N) is 3. The number of likely N-dealkylation sites (N-methyl/N-ethyl adjacent to an activating group) is 1. The van der Waals surface area contributed by atoms with E-state index in [4.69, 9.17) is 33.7 Å². The molecule has 5 aromatic rings. The van der Waals surface area contributed by atoms with E-state index < -0.39 is 45.2 Å². The van der Waals surface area contributed by atoms with Crippen molar-refractivity contribution < 1.29 is 56.4 Å². The van der Waals surface area contributed by atoms with Gasteiger partial charge in [-0.05, 0) is 79.4 Å². The highest BCUT2D eigenvalue weighted by Crippen LogP contribution is 2.38. The van der Waals surface area contributed by atoms with Crippen molar-refractivity contribution in [1.82, 2.24) is 14.9 Å². The summed E-state index contributed by atoms with van der Waals surface area (Å²) < 4.78 is 41.7. The quantitative estimate of drug-likeness (QED) is 0.00637. The standard InChI is InChI=1S/C61H86N7O11P/c1-6-7-8-9-10-11-12-13-14-15-16-17-18-25-32-58(70)79-53(47-78-80(73,74)77-43-41-68(3,4)5)46-76-57(69)39-40-67(52-30-23-20-24-31-52)60(71)50-35-38-55-54(44-50)64-56(66(55)2)45-63-51-36-33-49(34-37-51)59(62)65-61(72)75-42-26-29-48-27-21-19-22-28-48/h19-24,27-28,30-31,33-38,44,53H,6-18,25-26,29,32,39-43,45-47H2,1-5H3,(H3-,62,63,65,72,73,74). The van der Waals surface area contributed by atoms with Crippen molar-refractivity contribution in [1.29, 1.82) is 5.41 Å². The number of imidazole rings is 1. The first-order chi connectivity index (χ1) is 38.5. The summed E-state index contributed by atoms with van der Waals surface area (Å²) in [6.45, 7) is 1.94. The third kappa shape index (κ3) is 24.5. The number of quaternary nitrogens is 1. The zero-order valence-corrected chi connectivity index (χ0v) is 48.7. The van der Waals surface area contributed by atoms with Crippen LogP contribution in [0, 0.1) is 5.41 Å². The van der Waals surface area contributed by atoms with E-state index in [1.54, 1.807) is 60.7 Å². The zero-order chi connectivity index (χ0) is 57.6. The SMILES string of the molecule is CCCCCCCCCCCCCCCCC(=O)OC(COC(=O)CCN(C(=O)c1ccc2c(c1)nc(CNc1ccc(C(=N)NC(=O)OCCCc3ccccc3)cc1)n2C)c1ccccc1)COP(=O)([O-])OCC[N+](C)(C)C. The molecule has 0 bridgehead atoms. The first-order valence-corrected chi connectivity index (χ1v) is 29.9. The zero-order valence-electron chi connectivity index (χ0n) is 47.8. The molecule has 3 N–H and O–H groups in total. The van der Waals surface area contributed by atoms with Crippen LogP contribution >= 0.6 is 7.82 Å². The van der Waals surface area contributed by atoms with Crippen LogP contribution in [0.25, 0.3) is 11.0 Å². The molecule has 19 heteroatoms. The van der Waals surface area contributed by atoms with Gasteiger partial charge in [0.2, 0.25) is 0 Å². The smallest absolute Gasteiger partial charge is 0.412 e. The molecule has 0 fully saturated rings. The number of nitrogens with zero attached hydrogens (tertiary/aromatic N) is 4. The number of hydrogen-bond acceptors (Lipinski definition) is 14. The fourth-order valence-electron chi connectivity index (χ4n) is 8.81. The van der Waals surface area contributed by atoms with Crippen molar-refractivity contribution in [3.05, 3.63) is 126 Å². The number of ether oxygens (including phenoxy) is 3. The van der Waals surface area contributed by atoms with Gasteiger partial charge in [-0.3, -0.25) is 29.7 Å². The number of benzene rings is 4. The monoisotopic (exact) mass is 1120 g/mol. The Labute approximate surface area is 473 Å². The third-order valence-electron chi connectivity index (χ3n) is 13.5. The van der Waals surface area contributed by atoms with Gasteiger partial charge < -0.3 is 47.4 Å². The highest BCUT2D eigenvalue weighted by atomic mass is 31.2. The number of unbranched alkanes of at least 4 members (excludes halogenated alkanes) is 13. The fraction of sp³-hybridized carbons (Fsp3) is 0.508. The first-order valence-electron chi connectivity index (χ1n) is 28.5. The molecule has 0 spiro atoms. The maximum absolute atomic E-state index is 14.3. The number of fused-ring (bicyclic) bond motifs is 1. The molecule has 4 aromatic carbocycles. The second-order valence-corrected chi connectivity index (χ2v) is 22.6. The Morgan fingerprint density at radius 2 is 1.32 bits per heavy atom. The maximum Gasteiger partial charge on any atom is 0.412 e. The normalized spacial score (nSPS) is 12.6. The average Bonchev–Trinajstić information content (AvgIpc) is 3.78. The van der Waals surface area contributed by atoms with Gasteiger partial charge in [-0.25, -0.2) is 9.78 Å². The summed E-state index contributed by atoms with van der Waals surface area (Å²) in [6, 6.07) is 31.1. The summed E-state index contributed by atoms with van der Waals surface area (Å²) in [7, 11) is 2.77. The fourth-order valence-corrected chi connectivity index (χ4v) is 9.54. The number of anilines is 2. The Kier molecular flexibility index (Phi) is 27.9. The lowest BCUT2D eigenvalue weighted by molar-refractivity contribution is -0.870. The molecule has 2 amide bonds. The van der Waals surface area contributed by atoms with Gasteiger partial charge >= 0.3 is 18.0 Å². The molecule has 0 aliphatic carbocycles. The van der Waals surface area contributed by atoms with Crippen molar-refractivity contribution >= 4 is 60.0 Å². The minimum absolute atomic E-state index is 0.0688. The Bertz CT molecular complexity index is 2720. The second kappa shape index (κ2) is 34.7. The summed E-state index contributed by atoms with van der Waals surface area (Å²) in [5, 5.41) is 14.2. The molecule has 80 heavy (non-hydrogen) atoms. The lowest BCUT2D eigenvalue weighted by Crippen LogP contribution is -2.37. The largest absolute Gasteiger partial charge is 0.756 e. The molecule has 2 unspecified atom stereocenters. The number of amides is 2. The van der Waals surface area contributed by atoms with E-state index in [1.807, 2.05) is 75.2 Å². The number of esters is 2. The van der Waals surface area contributed by atoms with Crippen LogP contribution < -0.4 is 20.4 Å². The number of amidine groups is 1. The number of para-hydroxylation sites is 1. The molecule has 5 rings (SSSR count). The molecule has 0 saturated carbocycles. The van der Waals surface area contributed by atoms with E-state index >= 15 is 0 Å². The topological polar surface area (TPSA) is 224 Å². The van der Waals surface area contributed by atoms with Crippen LogP contribution in [0.3, 0.4) is 0 Å². The summed E-state index contributed by atoms with van der Waals surface area (Å²) >= 11 is 0. The van der Waals surface area contributed by atoms with Crippen LogP contribution in [0.1, 0.15) is 143 Å². The van der Waals surface area contributed by atoms with E-state index in [-0.39, 0.29) is 44.3 Å². The molecule has 2 atom stereocenters. The molecule has 0 aliphatic heterocycles. The number of phosphoric ester groups is 1. The van der Waals surface area contributed by atoms with Crippen molar-refractivity contribution in [2.24, 2.45) is 7.05 Å².